The number of aryl methyl sites for hydroxylation is 1. The molecule has 0 radical (unpaired) electrons. The Morgan fingerprint density at radius 1 is 0.923 bits per heavy atom. The summed E-state index contributed by atoms with van der Waals surface area (Å²) >= 11 is 0. The molecule has 0 aliphatic rings. The van der Waals surface area contributed by atoms with Gasteiger partial charge in [-0.2, -0.15) is 0 Å². The summed E-state index contributed by atoms with van der Waals surface area (Å²) in [5, 5.41) is 2.67. The maximum absolute atomic E-state index is 11.9. The molecule has 0 bridgehead atoms. The van der Waals surface area contributed by atoms with Crippen LogP contribution < -0.4 is 10.1 Å². The van der Waals surface area contributed by atoms with E-state index in [1.54, 1.807) is 54.2 Å². The summed E-state index contributed by atoms with van der Waals surface area (Å²) in [4.78, 5) is 23.8. The molecule has 1 aromatic heterocycles. The van der Waals surface area contributed by atoms with Gasteiger partial charge in [0.05, 0.1) is 0 Å². The van der Waals surface area contributed by atoms with Crippen molar-refractivity contribution in [3.63, 3.8) is 0 Å². The van der Waals surface area contributed by atoms with E-state index in [0.29, 0.717) is 17.1 Å². The Labute approximate surface area is 151 Å². The Morgan fingerprint density at radius 3 is 2.27 bits per heavy atom. The SMILES string of the molecule is Cn1cccc1C(=O)OCC(=O)Nc1ccc(Oc2ccccc2)cc1. The molecule has 1 heterocycles. The van der Waals surface area contributed by atoms with Crippen LogP contribution in [0.15, 0.2) is 72.9 Å². The number of hydrogen-bond acceptors (Lipinski definition) is 4. The van der Waals surface area contributed by atoms with E-state index >= 15 is 0 Å². The van der Waals surface area contributed by atoms with Crippen molar-refractivity contribution in [1.29, 1.82) is 0 Å². The van der Waals surface area contributed by atoms with Gasteiger partial charge in [-0.15, -0.1) is 0 Å². The molecule has 0 aliphatic heterocycles. The standard InChI is InChI=1S/C20H18N2O4/c1-22-13-5-8-18(22)20(24)25-14-19(23)21-15-9-11-17(12-10-15)26-16-6-3-2-4-7-16/h2-13H,14H2,1H3,(H,21,23). The number of benzene rings is 2. The molecule has 6 heteroatoms. The van der Waals surface area contributed by atoms with E-state index in [2.05, 4.69) is 5.32 Å². The van der Waals surface area contributed by atoms with Crippen molar-refractivity contribution in [1.82, 2.24) is 4.57 Å². The lowest BCUT2D eigenvalue weighted by atomic mass is 10.3. The van der Waals surface area contributed by atoms with Crippen LogP contribution in [0.1, 0.15) is 10.5 Å². The quantitative estimate of drug-likeness (QED) is 0.690. The van der Waals surface area contributed by atoms with E-state index in [-0.39, 0.29) is 6.61 Å². The molecular weight excluding hydrogens is 332 g/mol. The maximum atomic E-state index is 11.9. The summed E-state index contributed by atoms with van der Waals surface area (Å²) in [7, 11) is 1.73. The second kappa shape index (κ2) is 8.02. The third kappa shape index (κ3) is 4.51. The van der Waals surface area contributed by atoms with Crippen LogP contribution in [0.5, 0.6) is 11.5 Å². The summed E-state index contributed by atoms with van der Waals surface area (Å²) in [6, 6.07) is 19.7. The second-order valence-electron chi connectivity index (χ2n) is 5.57. The smallest absolute Gasteiger partial charge is 0.355 e. The number of rotatable bonds is 6. The maximum Gasteiger partial charge on any atom is 0.355 e. The molecule has 0 saturated carbocycles. The Kier molecular flexibility index (Phi) is 5.34. The van der Waals surface area contributed by atoms with Crippen molar-refractivity contribution in [3.05, 3.63) is 78.6 Å². The fourth-order valence-electron chi connectivity index (χ4n) is 2.31. The number of hydrogen-bond donors (Lipinski definition) is 1. The molecule has 132 valence electrons. The zero-order chi connectivity index (χ0) is 18.4. The molecule has 0 atom stereocenters. The molecule has 0 spiro atoms. The van der Waals surface area contributed by atoms with Crippen LogP contribution in [0, 0.1) is 0 Å². The average molecular weight is 350 g/mol. The first kappa shape index (κ1) is 17.3. The van der Waals surface area contributed by atoms with Gasteiger partial charge in [0.15, 0.2) is 6.61 Å². The highest BCUT2D eigenvalue weighted by atomic mass is 16.5. The number of aromatic nitrogens is 1. The number of nitrogens with one attached hydrogen (secondary N) is 1. The van der Waals surface area contributed by atoms with Crippen molar-refractivity contribution in [3.8, 4) is 11.5 Å². The largest absolute Gasteiger partial charge is 0.457 e. The van der Waals surface area contributed by atoms with Gasteiger partial charge in [0.1, 0.15) is 17.2 Å². The van der Waals surface area contributed by atoms with Gasteiger partial charge < -0.3 is 19.4 Å². The Bertz CT molecular complexity index is 886. The normalized spacial score (nSPS) is 10.2. The van der Waals surface area contributed by atoms with Gasteiger partial charge in [-0.25, -0.2) is 4.79 Å². The molecular formula is C20H18N2O4. The van der Waals surface area contributed by atoms with Gasteiger partial charge in [-0.3, -0.25) is 4.79 Å². The van der Waals surface area contributed by atoms with Gasteiger partial charge in [0.25, 0.3) is 5.91 Å². The van der Waals surface area contributed by atoms with Gasteiger partial charge in [-0.05, 0) is 48.5 Å². The zero-order valence-corrected chi connectivity index (χ0v) is 14.2. The van der Waals surface area contributed by atoms with Gasteiger partial charge in [0, 0.05) is 18.9 Å². The van der Waals surface area contributed by atoms with Crippen molar-refractivity contribution in [2.75, 3.05) is 11.9 Å². The molecule has 26 heavy (non-hydrogen) atoms. The minimum Gasteiger partial charge on any atom is -0.457 e. The lowest BCUT2D eigenvalue weighted by molar-refractivity contribution is -0.119. The summed E-state index contributed by atoms with van der Waals surface area (Å²) < 4.78 is 12.3. The Balaban J connectivity index is 1.50. The first-order chi connectivity index (χ1) is 12.6. The van der Waals surface area contributed by atoms with Crippen LogP contribution in [-0.4, -0.2) is 23.1 Å². The topological polar surface area (TPSA) is 69.6 Å². The number of carbonyl (C=O) groups is 2. The molecule has 1 amide bonds. The number of anilines is 1. The highest BCUT2D eigenvalue weighted by molar-refractivity contribution is 5.95. The average Bonchev–Trinajstić information content (AvgIpc) is 3.08. The van der Waals surface area contributed by atoms with Crippen molar-refractivity contribution < 1.29 is 19.1 Å². The summed E-state index contributed by atoms with van der Waals surface area (Å²) in [6.45, 7) is -0.355. The highest BCUT2D eigenvalue weighted by Crippen LogP contribution is 2.22. The van der Waals surface area contributed by atoms with Crippen LogP contribution in [0.3, 0.4) is 0 Å². The lowest BCUT2D eigenvalue weighted by Gasteiger charge is -2.09. The fourth-order valence-corrected chi connectivity index (χ4v) is 2.31. The lowest BCUT2D eigenvalue weighted by Crippen LogP contribution is -2.21. The van der Waals surface area contributed by atoms with Crippen LogP contribution in [0.2, 0.25) is 0 Å². The van der Waals surface area contributed by atoms with Gasteiger partial charge in [0.2, 0.25) is 0 Å². The second-order valence-corrected chi connectivity index (χ2v) is 5.57. The molecule has 0 fully saturated rings. The monoisotopic (exact) mass is 350 g/mol. The molecule has 6 nitrogen and oxygen atoms in total. The molecule has 0 saturated heterocycles. The number of amides is 1. The predicted octanol–water partition coefficient (Wildman–Crippen LogP) is 3.61. The molecule has 2 aromatic carbocycles. The first-order valence-corrected chi connectivity index (χ1v) is 8.03. The number of carbonyl (C=O) groups excluding carboxylic acids is 2. The van der Waals surface area contributed by atoms with E-state index in [9.17, 15) is 9.59 Å². The summed E-state index contributed by atoms with van der Waals surface area (Å²) in [6.07, 6.45) is 1.73. The van der Waals surface area contributed by atoms with Crippen LogP contribution in [-0.2, 0) is 16.6 Å². The van der Waals surface area contributed by atoms with E-state index in [1.165, 1.54) is 0 Å². The van der Waals surface area contributed by atoms with Crippen LogP contribution >= 0.6 is 0 Å². The van der Waals surface area contributed by atoms with Crippen molar-refractivity contribution in [2.45, 2.75) is 0 Å². The van der Waals surface area contributed by atoms with Crippen LogP contribution in [0.4, 0.5) is 5.69 Å². The van der Waals surface area contributed by atoms with Crippen LogP contribution in [0.25, 0.3) is 0 Å². The van der Waals surface area contributed by atoms with E-state index < -0.39 is 11.9 Å². The third-order valence-electron chi connectivity index (χ3n) is 3.60. The number of nitrogens with zero attached hydrogens (tertiary/aromatic N) is 1. The molecule has 3 aromatic rings. The van der Waals surface area contributed by atoms with E-state index in [0.717, 1.165) is 5.75 Å². The number of esters is 1. The van der Waals surface area contributed by atoms with E-state index in [1.807, 2.05) is 30.3 Å². The third-order valence-corrected chi connectivity index (χ3v) is 3.60. The Morgan fingerprint density at radius 2 is 1.62 bits per heavy atom. The molecule has 0 unspecified atom stereocenters. The fraction of sp³-hybridized carbons (Fsp3) is 0.100. The predicted molar refractivity (Wildman–Crippen MR) is 97.3 cm³/mol. The summed E-state index contributed by atoms with van der Waals surface area (Å²) in [5.74, 6) is 0.435. The number of para-hydroxylation sites is 1. The zero-order valence-electron chi connectivity index (χ0n) is 14.2. The number of ether oxygens (including phenoxy) is 2. The Hall–Kier alpha value is -3.54. The minimum atomic E-state index is -0.542. The molecule has 0 aliphatic carbocycles. The van der Waals surface area contributed by atoms with Gasteiger partial charge in [-0.1, -0.05) is 18.2 Å². The molecule has 3 rings (SSSR count). The van der Waals surface area contributed by atoms with Gasteiger partial charge >= 0.3 is 5.97 Å². The molecule has 1 N–H and O–H groups in total. The highest BCUT2D eigenvalue weighted by Gasteiger charge is 2.12. The van der Waals surface area contributed by atoms with E-state index in [4.69, 9.17) is 9.47 Å². The van der Waals surface area contributed by atoms with Crippen molar-refractivity contribution >= 4 is 17.6 Å². The minimum absolute atomic E-state index is 0.355. The first-order valence-electron chi connectivity index (χ1n) is 8.03. The van der Waals surface area contributed by atoms with Crippen molar-refractivity contribution in [2.24, 2.45) is 7.05 Å². The summed E-state index contributed by atoms with van der Waals surface area (Å²) in [5.41, 5.74) is 0.977.